The fourth-order valence-electron chi connectivity index (χ4n) is 4.78. The Bertz CT molecular complexity index is 1540. The number of aryl methyl sites for hydroxylation is 3. The van der Waals surface area contributed by atoms with E-state index in [2.05, 4.69) is 10.2 Å². The van der Waals surface area contributed by atoms with Crippen molar-refractivity contribution in [3.05, 3.63) is 56.9 Å². The fraction of sp³-hybridized carbons (Fsp3) is 0.500. The maximum absolute atomic E-state index is 15.1. The number of piperazine rings is 1. The molecule has 0 spiro atoms. The predicted octanol–water partition coefficient (Wildman–Crippen LogP) is 4.87. The maximum atomic E-state index is 15.1. The third kappa shape index (κ3) is 8.22. The Morgan fingerprint density at radius 1 is 1.02 bits per heavy atom. The smallest absolute Gasteiger partial charge is 0.449 e. The highest BCUT2D eigenvalue weighted by atomic mass is 33.1. The van der Waals surface area contributed by atoms with E-state index in [-0.39, 0.29) is 37.6 Å². The van der Waals surface area contributed by atoms with Gasteiger partial charge in [-0.25, -0.2) is 19.0 Å². The highest BCUT2D eigenvalue weighted by molar-refractivity contribution is 8.76. The average molecular weight is 651 g/mol. The van der Waals surface area contributed by atoms with Gasteiger partial charge in [-0.2, -0.15) is 0 Å². The number of rotatable bonds is 13. The molecule has 1 aromatic carbocycles. The third-order valence-corrected chi connectivity index (χ3v) is 9.40. The molecule has 0 atom stereocenters. The molecule has 44 heavy (non-hydrogen) atoms. The van der Waals surface area contributed by atoms with Gasteiger partial charge in [-0.15, -0.1) is 4.91 Å². The molecule has 0 N–H and O–H groups in total. The summed E-state index contributed by atoms with van der Waals surface area (Å²) < 4.78 is 34.0. The standard InChI is InChI=1S/C28H35FN6O7S2/c1-4-32-18-19(2)26(36)21-15-22(29)24(16-23(21)32)33-5-7-34(8-6-33)27(37)40-11-13-43-44-14-12-42-28(38)41-10-9-35-20(3)30-17-25(35)31-39/h15-18H,4-14H2,1-3H3. The van der Waals surface area contributed by atoms with Gasteiger partial charge in [0.1, 0.15) is 31.5 Å². The van der Waals surface area contributed by atoms with Gasteiger partial charge in [0.05, 0.1) is 23.9 Å². The van der Waals surface area contributed by atoms with E-state index in [1.807, 2.05) is 16.4 Å². The first-order valence-electron chi connectivity index (χ1n) is 14.1. The van der Waals surface area contributed by atoms with Crippen LogP contribution in [0, 0.1) is 24.6 Å². The number of benzene rings is 1. The van der Waals surface area contributed by atoms with Crippen LogP contribution >= 0.6 is 21.6 Å². The van der Waals surface area contributed by atoms with Gasteiger partial charge in [-0.1, -0.05) is 21.6 Å². The van der Waals surface area contributed by atoms with E-state index in [4.69, 9.17) is 14.2 Å². The van der Waals surface area contributed by atoms with Gasteiger partial charge >= 0.3 is 12.2 Å². The van der Waals surface area contributed by atoms with Crippen LogP contribution < -0.4 is 10.3 Å². The second-order valence-corrected chi connectivity index (χ2v) is 12.5. The Morgan fingerprint density at radius 3 is 2.39 bits per heavy atom. The normalized spacial score (nSPS) is 13.3. The van der Waals surface area contributed by atoms with Crippen LogP contribution in [0.5, 0.6) is 0 Å². The second kappa shape index (κ2) is 15.8. The number of carbonyl (C=O) groups excluding carboxylic acids is 2. The van der Waals surface area contributed by atoms with Gasteiger partial charge in [0.25, 0.3) is 0 Å². The molecule has 1 aliphatic rings. The summed E-state index contributed by atoms with van der Waals surface area (Å²) in [5.74, 6) is 1.38. The van der Waals surface area contributed by atoms with E-state index < -0.39 is 18.1 Å². The number of aromatic nitrogens is 3. The molecule has 0 aliphatic carbocycles. The lowest BCUT2D eigenvalue weighted by atomic mass is 10.1. The van der Waals surface area contributed by atoms with Crippen molar-refractivity contribution in [1.29, 1.82) is 0 Å². The number of hydrogen-bond donors (Lipinski definition) is 0. The Hall–Kier alpha value is -3.79. The number of amides is 1. The number of nitrogens with zero attached hydrogens (tertiary/aromatic N) is 6. The summed E-state index contributed by atoms with van der Waals surface area (Å²) >= 11 is 0. The van der Waals surface area contributed by atoms with E-state index >= 15 is 4.39 Å². The van der Waals surface area contributed by atoms with Crippen molar-refractivity contribution < 1.29 is 28.2 Å². The summed E-state index contributed by atoms with van der Waals surface area (Å²) in [6.45, 7) is 8.35. The van der Waals surface area contributed by atoms with Gasteiger partial charge < -0.3 is 33.1 Å². The fourth-order valence-corrected chi connectivity index (χ4v) is 6.43. The van der Waals surface area contributed by atoms with Gasteiger partial charge in [-0.05, 0) is 38.1 Å². The lowest BCUT2D eigenvalue weighted by molar-refractivity contribution is 0.0573. The molecule has 4 rings (SSSR count). The molecule has 1 fully saturated rings. The molecule has 238 valence electrons. The molecule has 13 nitrogen and oxygen atoms in total. The monoisotopic (exact) mass is 650 g/mol. The maximum Gasteiger partial charge on any atom is 0.508 e. The molecule has 1 aliphatic heterocycles. The number of imidazole rings is 1. The van der Waals surface area contributed by atoms with E-state index in [1.165, 1.54) is 33.9 Å². The Kier molecular flexibility index (Phi) is 11.9. The van der Waals surface area contributed by atoms with Crippen molar-refractivity contribution in [3.8, 4) is 0 Å². The van der Waals surface area contributed by atoms with Crippen molar-refractivity contribution in [1.82, 2.24) is 19.0 Å². The highest BCUT2D eigenvalue weighted by Gasteiger charge is 2.25. The van der Waals surface area contributed by atoms with E-state index in [9.17, 15) is 19.3 Å². The van der Waals surface area contributed by atoms with Crippen LogP contribution in [0.15, 0.2) is 34.5 Å². The zero-order valence-electron chi connectivity index (χ0n) is 24.8. The third-order valence-electron chi connectivity index (χ3n) is 7.07. The predicted molar refractivity (Wildman–Crippen MR) is 168 cm³/mol. The number of fused-ring (bicyclic) bond motifs is 1. The minimum Gasteiger partial charge on any atom is -0.449 e. The summed E-state index contributed by atoms with van der Waals surface area (Å²) in [5.41, 5.74) is 1.51. The molecule has 2 aromatic heterocycles. The quantitative estimate of drug-likeness (QED) is 0.108. The Morgan fingerprint density at radius 2 is 1.70 bits per heavy atom. The average Bonchev–Trinajstić information content (AvgIpc) is 3.39. The van der Waals surface area contributed by atoms with Gasteiger partial charge in [0.15, 0.2) is 11.2 Å². The first kappa shape index (κ1) is 33.1. The molecule has 0 bridgehead atoms. The molecule has 16 heteroatoms. The van der Waals surface area contributed by atoms with Crippen LogP contribution in [0.25, 0.3) is 10.9 Å². The summed E-state index contributed by atoms with van der Waals surface area (Å²) in [6, 6.07) is 3.04. The molecule has 3 heterocycles. The highest BCUT2D eigenvalue weighted by Crippen LogP contribution is 2.27. The number of halogens is 1. The molecule has 0 saturated carbocycles. The first-order chi connectivity index (χ1) is 21.2. The summed E-state index contributed by atoms with van der Waals surface area (Å²) in [7, 11) is 2.96. The van der Waals surface area contributed by atoms with Crippen LogP contribution in [-0.4, -0.2) is 88.8 Å². The number of carbonyl (C=O) groups is 2. The largest absolute Gasteiger partial charge is 0.508 e. The summed E-state index contributed by atoms with van der Waals surface area (Å²) in [6.07, 6.45) is 1.92. The van der Waals surface area contributed by atoms with Crippen LogP contribution in [0.4, 0.5) is 25.5 Å². The van der Waals surface area contributed by atoms with E-state index in [0.29, 0.717) is 72.2 Å². The zero-order chi connectivity index (χ0) is 31.6. The number of hydrogen-bond acceptors (Lipinski definition) is 12. The summed E-state index contributed by atoms with van der Waals surface area (Å²) in [5, 5.41) is 3.23. The zero-order valence-corrected chi connectivity index (χ0v) is 26.5. The van der Waals surface area contributed by atoms with Crippen LogP contribution in [0.2, 0.25) is 0 Å². The minimum absolute atomic E-state index is 0.0171. The molecular formula is C28H35FN6O7S2. The van der Waals surface area contributed by atoms with Crippen LogP contribution in [0.1, 0.15) is 18.3 Å². The Balaban J connectivity index is 1.09. The topological polar surface area (TPSA) is 138 Å². The van der Waals surface area contributed by atoms with Crippen molar-refractivity contribution in [2.75, 3.05) is 62.4 Å². The van der Waals surface area contributed by atoms with Crippen LogP contribution in [0.3, 0.4) is 0 Å². The van der Waals surface area contributed by atoms with Crippen LogP contribution in [-0.2, 0) is 27.3 Å². The number of pyridine rings is 1. The molecular weight excluding hydrogens is 615 g/mol. The lowest BCUT2D eigenvalue weighted by Gasteiger charge is -2.35. The summed E-state index contributed by atoms with van der Waals surface area (Å²) in [4.78, 5) is 55.0. The van der Waals surface area contributed by atoms with Crippen molar-refractivity contribution >= 4 is 56.2 Å². The molecule has 0 radical (unpaired) electrons. The SMILES string of the molecule is CCn1cc(C)c(=O)c2cc(F)c(N3CCN(C(=O)OCCSSCCOC(=O)OCCn4c(N=O)cnc4C)CC3)cc21. The van der Waals surface area contributed by atoms with Gasteiger partial charge in [0.2, 0.25) is 0 Å². The van der Waals surface area contributed by atoms with E-state index in [0.717, 1.165) is 0 Å². The lowest BCUT2D eigenvalue weighted by Crippen LogP contribution is -2.49. The second-order valence-electron chi connectivity index (χ2n) is 9.83. The minimum atomic E-state index is -0.803. The molecule has 3 aromatic rings. The van der Waals surface area contributed by atoms with Crippen molar-refractivity contribution in [3.63, 3.8) is 0 Å². The number of anilines is 1. The van der Waals surface area contributed by atoms with Crippen molar-refractivity contribution in [2.45, 2.75) is 33.9 Å². The molecule has 1 amide bonds. The van der Waals surface area contributed by atoms with E-state index in [1.54, 1.807) is 35.6 Å². The Labute approximate surface area is 261 Å². The molecule has 1 saturated heterocycles. The number of nitroso groups, excluding NO2 is 1. The number of ether oxygens (including phenoxy) is 3. The molecule has 0 unspecified atom stereocenters. The van der Waals surface area contributed by atoms with Gasteiger partial charge in [-0.3, -0.25) is 4.79 Å². The van der Waals surface area contributed by atoms with Crippen molar-refractivity contribution in [2.24, 2.45) is 5.18 Å². The van der Waals surface area contributed by atoms with Gasteiger partial charge in [0, 0.05) is 61.4 Å². The first-order valence-corrected chi connectivity index (χ1v) is 16.6.